The number of benzene rings is 2. The maximum atomic E-state index is 12.6. The lowest BCUT2D eigenvalue weighted by molar-refractivity contribution is 0.0435. The second kappa shape index (κ2) is 9.65. The number of hydrogen-bond acceptors (Lipinski definition) is 7. The van der Waals surface area contributed by atoms with E-state index in [2.05, 4.69) is 6.58 Å². The van der Waals surface area contributed by atoms with Crippen LogP contribution in [0.5, 0.6) is 11.5 Å². The molecule has 0 radical (unpaired) electrons. The molecule has 156 valence electrons. The van der Waals surface area contributed by atoms with E-state index in [-0.39, 0.29) is 24.5 Å². The third-order valence-electron chi connectivity index (χ3n) is 4.26. The van der Waals surface area contributed by atoms with E-state index in [4.69, 9.17) is 23.4 Å². The molecule has 3 rings (SSSR count). The highest BCUT2D eigenvalue weighted by molar-refractivity contribution is 5.96. The van der Waals surface area contributed by atoms with Crippen LogP contribution in [0.2, 0.25) is 0 Å². The maximum absolute atomic E-state index is 12.6. The number of fused-ring (bicyclic) bond motifs is 1. The largest absolute Gasteiger partial charge is 0.493 e. The van der Waals surface area contributed by atoms with E-state index >= 15 is 0 Å². The molecule has 0 aliphatic heterocycles. The van der Waals surface area contributed by atoms with Gasteiger partial charge in [-0.2, -0.15) is 0 Å². The molecule has 3 aromatic rings. The second-order valence-electron chi connectivity index (χ2n) is 6.17. The van der Waals surface area contributed by atoms with E-state index in [0.29, 0.717) is 34.6 Å². The Hall–Kier alpha value is -3.74. The van der Waals surface area contributed by atoms with Gasteiger partial charge < -0.3 is 23.4 Å². The Bertz CT molecular complexity index is 1060. The van der Waals surface area contributed by atoms with Gasteiger partial charge in [-0.3, -0.25) is 0 Å². The molecule has 0 fully saturated rings. The van der Waals surface area contributed by atoms with Gasteiger partial charge in [0, 0.05) is 5.39 Å². The molecule has 0 bridgehead atoms. The fourth-order valence-corrected chi connectivity index (χ4v) is 2.89. The number of methoxy groups -OCH3 is 1. The summed E-state index contributed by atoms with van der Waals surface area (Å²) >= 11 is 0. The SMILES string of the molecule is C=CCOc1ccc(C(=O)OCc2c(C(=O)OCC)oc3ccccc23)cc1OC. The van der Waals surface area contributed by atoms with Crippen molar-refractivity contribution in [1.82, 2.24) is 0 Å². The third-order valence-corrected chi connectivity index (χ3v) is 4.26. The molecule has 30 heavy (non-hydrogen) atoms. The molecule has 7 heteroatoms. The number of carbonyl (C=O) groups is 2. The maximum Gasteiger partial charge on any atom is 0.374 e. The number of hydrogen-bond donors (Lipinski definition) is 0. The van der Waals surface area contributed by atoms with Crippen molar-refractivity contribution in [2.45, 2.75) is 13.5 Å². The van der Waals surface area contributed by atoms with Gasteiger partial charge in [-0.1, -0.05) is 30.9 Å². The summed E-state index contributed by atoms with van der Waals surface area (Å²) in [6.45, 7) is 5.66. The Kier molecular flexibility index (Phi) is 6.75. The summed E-state index contributed by atoms with van der Waals surface area (Å²) < 4.78 is 26.9. The Morgan fingerprint density at radius 2 is 1.87 bits per heavy atom. The summed E-state index contributed by atoms with van der Waals surface area (Å²) in [4.78, 5) is 24.9. The van der Waals surface area contributed by atoms with Crippen LogP contribution in [0.1, 0.15) is 33.4 Å². The third kappa shape index (κ3) is 4.46. The molecule has 0 spiro atoms. The van der Waals surface area contributed by atoms with Crippen LogP contribution in [0, 0.1) is 0 Å². The molecule has 0 saturated heterocycles. The zero-order valence-electron chi connectivity index (χ0n) is 16.8. The summed E-state index contributed by atoms with van der Waals surface area (Å²) in [7, 11) is 1.48. The Balaban J connectivity index is 1.82. The van der Waals surface area contributed by atoms with E-state index in [1.807, 2.05) is 6.07 Å². The van der Waals surface area contributed by atoms with E-state index in [1.165, 1.54) is 13.2 Å². The standard InChI is InChI=1S/C23H22O7/c1-4-12-28-19-11-10-15(13-20(19)26-3)22(24)29-14-17-16-8-6-7-9-18(16)30-21(17)23(25)27-5-2/h4,6-11,13H,1,5,12,14H2,2-3H3. The van der Waals surface area contributed by atoms with Crippen molar-refractivity contribution in [2.75, 3.05) is 20.3 Å². The lowest BCUT2D eigenvalue weighted by atomic mass is 10.1. The zero-order chi connectivity index (χ0) is 21.5. The minimum Gasteiger partial charge on any atom is -0.493 e. The number of furan rings is 1. The van der Waals surface area contributed by atoms with Crippen LogP contribution >= 0.6 is 0 Å². The van der Waals surface area contributed by atoms with Crippen LogP contribution in [-0.4, -0.2) is 32.3 Å². The summed E-state index contributed by atoms with van der Waals surface area (Å²) in [6.07, 6.45) is 1.61. The summed E-state index contributed by atoms with van der Waals surface area (Å²) in [5.74, 6) is -0.281. The minimum atomic E-state index is -0.606. The highest BCUT2D eigenvalue weighted by Crippen LogP contribution is 2.30. The highest BCUT2D eigenvalue weighted by Gasteiger charge is 2.23. The molecular formula is C23H22O7. The van der Waals surface area contributed by atoms with Crippen LogP contribution < -0.4 is 9.47 Å². The lowest BCUT2D eigenvalue weighted by Crippen LogP contribution is -2.10. The van der Waals surface area contributed by atoms with Crippen LogP contribution in [0.15, 0.2) is 59.5 Å². The van der Waals surface area contributed by atoms with Crippen LogP contribution in [0.25, 0.3) is 11.0 Å². The molecule has 1 aromatic heterocycles. The van der Waals surface area contributed by atoms with Crippen molar-refractivity contribution in [2.24, 2.45) is 0 Å². The van der Waals surface area contributed by atoms with Crippen molar-refractivity contribution in [3.05, 3.63) is 72.0 Å². The predicted octanol–water partition coefficient (Wildman–Crippen LogP) is 4.54. The van der Waals surface area contributed by atoms with Gasteiger partial charge in [0.1, 0.15) is 18.8 Å². The van der Waals surface area contributed by atoms with Gasteiger partial charge in [0.05, 0.1) is 24.8 Å². The lowest BCUT2D eigenvalue weighted by Gasteiger charge is -2.11. The summed E-state index contributed by atoms with van der Waals surface area (Å²) in [5, 5.41) is 0.680. The summed E-state index contributed by atoms with van der Waals surface area (Å²) in [5.41, 5.74) is 1.25. The van der Waals surface area contributed by atoms with E-state index in [0.717, 1.165) is 0 Å². The summed E-state index contributed by atoms with van der Waals surface area (Å²) in [6, 6.07) is 11.8. The van der Waals surface area contributed by atoms with Crippen molar-refractivity contribution >= 4 is 22.9 Å². The van der Waals surface area contributed by atoms with E-state index < -0.39 is 11.9 Å². The van der Waals surface area contributed by atoms with E-state index in [1.54, 1.807) is 43.3 Å². The van der Waals surface area contributed by atoms with Crippen LogP contribution in [-0.2, 0) is 16.1 Å². The van der Waals surface area contributed by atoms with Gasteiger partial charge in [0.2, 0.25) is 5.76 Å². The fraction of sp³-hybridized carbons (Fsp3) is 0.217. The first-order valence-electron chi connectivity index (χ1n) is 9.35. The average Bonchev–Trinajstić information content (AvgIpc) is 3.14. The van der Waals surface area contributed by atoms with Crippen molar-refractivity contribution in [3.8, 4) is 11.5 Å². The van der Waals surface area contributed by atoms with E-state index in [9.17, 15) is 9.59 Å². The molecule has 0 aliphatic carbocycles. The number of esters is 2. The molecule has 0 unspecified atom stereocenters. The first-order chi connectivity index (χ1) is 14.6. The second-order valence-corrected chi connectivity index (χ2v) is 6.17. The van der Waals surface area contributed by atoms with Gasteiger partial charge in [0.25, 0.3) is 0 Å². The average molecular weight is 410 g/mol. The van der Waals surface area contributed by atoms with Gasteiger partial charge in [-0.05, 0) is 31.2 Å². The highest BCUT2D eigenvalue weighted by atomic mass is 16.5. The minimum absolute atomic E-state index is 0.0246. The number of carbonyl (C=O) groups excluding carboxylic acids is 2. The van der Waals surface area contributed by atoms with Gasteiger partial charge in [-0.25, -0.2) is 9.59 Å². The first-order valence-corrected chi connectivity index (χ1v) is 9.35. The molecule has 2 aromatic carbocycles. The van der Waals surface area contributed by atoms with Crippen LogP contribution in [0.4, 0.5) is 0 Å². The van der Waals surface area contributed by atoms with Crippen molar-refractivity contribution in [3.63, 3.8) is 0 Å². The Labute approximate surface area is 173 Å². The van der Waals surface area contributed by atoms with Gasteiger partial charge >= 0.3 is 11.9 Å². The predicted molar refractivity (Wildman–Crippen MR) is 110 cm³/mol. The first kappa shape index (κ1) is 21.0. The normalized spacial score (nSPS) is 10.5. The van der Waals surface area contributed by atoms with Gasteiger partial charge in [-0.15, -0.1) is 0 Å². The smallest absolute Gasteiger partial charge is 0.374 e. The molecule has 0 N–H and O–H groups in total. The number of para-hydroxylation sites is 1. The Morgan fingerprint density at radius 3 is 2.60 bits per heavy atom. The number of ether oxygens (including phenoxy) is 4. The zero-order valence-corrected chi connectivity index (χ0v) is 16.8. The van der Waals surface area contributed by atoms with Crippen LogP contribution in [0.3, 0.4) is 0 Å². The molecule has 0 amide bonds. The molecule has 0 atom stereocenters. The van der Waals surface area contributed by atoms with Crippen molar-refractivity contribution < 1.29 is 33.0 Å². The fourth-order valence-electron chi connectivity index (χ4n) is 2.89. The quantitative estimate of drug-likeness (QED) is 0.378. The van der Waals surface area contributed by atoms with Crippen molar-refractivity contribution in [1.29, 1.82) is 0 Å². The molecule has 0 aliphatic rings. The molecule has 0 saturated carbocycles. The topological polar surface area (TPSA) is 84.2 Å². The number of rotatable bonds is 9. The Morgan fingerprint density at radius 1 is 1.07 bits per heavy atom. The van der Waals surface area contributed by atoms with Gasteiger partial charge in [0.15, 0.2) is 11.5 Å². The monoisotopic (exact) mass is 410 g/mol. The molecule has 1 heterocycles. The molecule has 7 nitrogen and oxygen atoms in total. The molecular weight excluding hydrogens is 388 g/mol.